The summed E-state index contributed by atoms with van der Waals surface area (Å²) in [5.74, 6) is 1.46. The Morgan fingerprint density at radius 2 is 1.92 bits per heavy atom. The van der Waals surface area contributed by atoms with Gasteiger partial charge in [-0.05, 0) is 37.3 Å². The number of nitrogens with zero attached hydrogens (tertiary/aromatic N) is 1. The number of fused-ring (bicyclic) bond motifs is 1. The number of ether oxygens (including phenoxy) is 3. The number of nitrogens with one attached hydrogen (secondary N) is 2. The number of hydrazine groups is 1. The molecular formula is C18H19N3O4S. The predicted molar refractivity (Wildman–Crippen MR) is 101 cm³/mol. The number of carbonyl (C=O) groups excluding carboxylic acids is 1. The maximum atomic E-state index is 12.4. The van der Waals surface area contributed by atoms with Crippen LogP contribution >= 0.6 is 11.3 Å². The third kappa shape index (κ3) is 3.65. The number of thiazole rings is 1. The molecule has 1 amide bonds. The van der Waals surface area contributed by atoms with Crippen molar-refractivity contribution >= 4 is 32.6 Å². The molecule has 0 fully saturated rings. The highest BCUT2D eigenvalue weighted by atomic mass is 32.1. The first-order chi connectivity index (χ1) is 12.7. The standard InChI is InChI=1S/C18H19N3O4S/c1-4-25-13-6-5-7-15-16(13)19-18(26-15)21-20-17(22)11-8-9-12(23-2)14(10-11)24-3/h5-10H,4H2,1-3H3,(H,19,21)(H,20,22). The number of hydrogen-bond acceptors (Lipinski definition) is 7. The van der Waals surface area contributed by atoms with Crippen molar-refractivity contribution in [2.75, 3.05) is 26.3 Å². The van der Waals surface area contributed by atoms with Crippen molar-refractivity contribution in [1.82, 2.24) is 10.4 Å². The number of benzene rings is 2. The summed E-state index contributed by atoms with van der Waals surface area (Å²) in [4.78, 5) is 16.8. The van der Waals surface area contributed by atoms with Gasteiger partial charge in [-0.15, -0.1) is 0 Å². The molecule has 2 N–H and O–H groups in total. The molecule has 0 aliphatic heterocycles. The van der Waals surface area contributed by atoms with Gasteiger partial charge in [0.05, 0.1) is 25.5 Å². The van der Waals surface area contributed by atoms with Gasteiger partial charge in [-0.2, -0.15) is 0 Å². The molecular weight excluding hydrogens is 354 g/mol. The molecule has 26 heavy (non-hydrogen) atoms. The molecule has 1 aromatic heterocycles. The summed E-state index contributed by atoms with van der Waals surface area (Å²) >= 11 is 1.43. The number of rotatable bonds is 7. The molecule has 0 bridgehead atoms. The first-order valence-corrected chi connectivity index (χ1v) is 8.78. The summed E-state index contributed by atoms with van der Waals surface area (Å²) in [6, 6.07) is 10.7. The van der Waals surface area contributed by atoms with Crippen LogP contribution in [-0.4, -0.2) is 31.7 Å². The van der Waals surface area contributed by atoms with Gasteiger partial charge in [-0.25, -0.2) is 4.98 Å². The van der Waals surface area contributed by atoms with E-state index in [9.17, 15) is 4.79 Å². The number of para-hydroxylation sites is 1. The quantitative estimate of drug-likeness (QED) is 0.617. The summed E-state index contributed by atoms with van der Waals surface area (Å²) in [6.07, 6.45) is 0. The van der Waals surface area contributed by atoms with Crippen LogP contribution in [0.3, 0.4) is 0 Å². The van der Waals surface area contributed by atoms with Crippen molar-refractivity contribution in [1.29, 1.82) is 0 Å². The maximum Gasteiger partial charge on any atom is 0.269 e. The van der Waals surface area contributed by atoms with E-state index in [1.165, 1.54) is 18.4 Å². The van der Waals surface area contributed by atoms with E-state index in [2.05, 4.69) is 15.8 Å². The number of amides is 1. The van der Waals surface area contributed by atoms with Crippen LogP contribution in [0, 0.1) is 0 Å². The van der Waals surface area contributed by atoms with E-state index in [1.54, 1.807) is 25.3 Å². The Morgan fingerprint density at radius 1 is 1.12 bits per heavy atom. The number of carbonyl (C=O) groups is 1. The van der Waals surface area contributed by atoms with E-state index in [-0.39, 0.29) is 5.91 Å². The fraction of sp³-hybridized carbons (Fsp3) is 0.222. The number of methoxy groups -OCH3 is 2. The van der Waals surface area contributed by atoms with Crippen molar-refractivity contribution in [3.63, 3.8) is 0 Å². The van der Waals surface area contributed by atoms with Crippen LogP contribution in [0.25, 0.3) is 10.2 Å². The molecule has 2 aromatic carbocycles. The lowest BCUT2D eigenvalue weighted by Gasteiger charge is -2.10. The van der Waals surface area contributed by atoms with Crippen molar-refractivity contribution in [3.05, 3.63) is 42.0 Å². The minimum atomic E-state index is -0.310. The van der Waals surface area contributed by atoms with Gasteiger partial charge in [-0.3, -0.25) is 15.6 Å². The molecule has 0 spiro atoms. The monoisotopic (exact) mass is 373 g/mol. The summed E-state index contributed by atoms with van der Waals surface area (Å²) in [5, 5.41) is 0.570. The van der Waals surface area contributed by atoms with Gasteiger partial charge in [0, 0.05) is 5.56 Å². The molecule has 3 aromatic rings. The average molecular weight is 373 g/mol. The van der Waals surface area contributed by atoms with Gasteiger partial charge in [0.1, 0.15) is 11.3 Å². The first kappa shape index (κ1) is 17.8. The zero-order valence-corrected chi connectivity index (χ0v) is 15.5. The first-order valence-electron chi connectivity index (χ1n) is 7.97. The summed E-state index contributed by atoms with van der Waals surface area (Å²) in [7, 11) is 3.07. The van der Waals surface area contributed by atoms with Crippen molar-refractivity contribution in [2.45, 2.75) is 6.92 Å². The second-order valence-corrected chi connectivity index (χ2v) is 6.23. The molecule has 136 valence electrons. The van der Waals surface area contributed by atoms with Crippen molar-refractivity contribution in [3.8, 4) is 17.2 Å². The molecule has 0 aliphatic carbocycles. The Balaban J connectivity index is 1.73. The molecule has 0 radical (unpaired) electrons. The van der Waals surface area contributed by atoms with E-state index in [0.717, 1.165) is 16.0 Å². The molecule has 0 unspecified atom stereocenters. The van der Waals surface area contributed by atoms with Gasteiger partial charge in [-0.1, -0.05) is 17.4 Å². The van der Waals surface area contributed by atoms with Crippen molar-refractivity contribution < 1.29 is 19.0 Å². The Labute approximate surface area is 154 Å². The van der Waals surface area contributed by atoms with Crippen LogP contribution in [0.1, 0.15) is 17.3 Å². The van der Waals surface area contributed by atoms with Gasteiger partial charge in [0.25, 0.3) is 5.91 Å². The lowest BCUT2D eigenvalue weighted by Crippen LogP contribution is -2.29. The highest BCUT2D eigenvalue weighted by molar-refractivity contribution is 7.22. The van der Waals surface area contributed by atoms with Crippen LogP contribution in [0.4, 0.5) is 5.13 Å². The largest absolute Gasteiger partial charge is 0.493 e. The zero-order chi connectivity index (χ0) is 18.5. The smallest absolute Gasteiger partial charge is 0.269 e. The van der Waals surface area contributed by atoms with E-state index >= 15 is 0 Å². The zero-order valence-electron chi connectivity index (χ0n) is 14.7. The summed E-state index contributed by atoms with van der Waals surface area (Å²) in [5.41, 5.74) is 6.69. The molecule has 1 heterocycles. The molecule has 8 heteroatoms. The fourth-order valence-electron chi connectivity index (χ4n) is 2.41. The number of anilines is 1. The Bertz CT molecular complexity index is 926. The lowest BCUT2D eigenvalue weighted by atomic mass is 10.2. The fourth-order valence-corrected chi connectivity index (χ4v) is 3.25. The maximum absolute atomic E-state index is 12.4. The van der Waals surface area contributed by atoms with Gasteiger partial charge >= 0.3 is 0 Å². The Morgan fingerprint density at radius 3 is 2.65 bits per heavy atom. The molecule has 7 nitrogen and oxygen atoms in total. The highest BCUT2D eigenvalue weighted by Gasteiger charge is 2.12. The normalized spacial score (nSPS) is 10.4. The van der Waals surface area contributed by atoms with Gasteiger partial charge in [0.15, 0.2) is 11.5 Å². The molecule has 0 saturated carbocycles. The predicted octanol–water partition coefficient (Wildman–Crippen LogP) is 3.47. The SMILES string of the molecule is CCOc1cccc2sc(NNC(=O)c3ccc(OC)c(OC)c3)nc12. The minimum absolute atomic E-state index is 0.310. The topological polar surface area (TPSA) is 81.7 Å². The van der Waals surface area contributed by atoms with Crippen LogP contribution in [0.2, 0.25) is 0 Å². The average Bonchev–Trinajstić information content (AvgIpc) is 3.10. The van der Waals surface area contributed by atoms with Crippen LogP contribution < -0.4 is 25.1 Å². The molecule has 0 saturated heterocycles. The van der Waals surface area contributed by atoms with Crippen LogP contribution in [-0.2, 0) is 0 Å². The van der Waals surface area contributed by atoms with E-state index in [1.807, 2.05) is 25.1 Å². The second-order valence-electron chi connectivity index (χ2n) is 5.20. The highest BCUT2D eigenvalue weighted by Crippen LogP contribution is 2.32. The number of aromatic nitrogens is 1. The second kappa shape index (κ2) is 7.92. The molecule has 3 rings (SSSR count). The Hall–Kier alpha value is -3.00. The summed E-state index contributed by atoms with van der Waals surface area (Å²) < 4.78 is 16.9. The lowest BCUT2D eigenvalue weighted by molar-refractivity contribution is 0.0962. The minimum Gasteiger partial charge on any atom is -0.493 e. The molecule has 0 aliphatic rings. The third-order valence-corrected chi connectivity index (χ3v) is 4.55. The third-order valence-electron chi connectivity index (χ3n) is 3.61. The van der Waals surface area contributed by atoms with Crippen molar-refractivity contribution in [2.24, 2.45) is 0 Å². The van der Waals surface area contributed by atoms with E-state index in [0.29, 0.717) is 28.8 Å². The Kier molecular flexibility index (Phi) is 5.43. The van der Waals surface area contributed by atoms with Crippen LogP contribution in [0.5, 0.6) is 17.2 Å². The van der Waals surface area contributed by atoms with Gasteiger partial charge in [0.2, 0.25) is 5.13 Å². The van der Waals surface area contributed by atoms with Gasteiger partial charge < -0.3 is 14.2 Å². The van der Waals surface area contributed by atoms with E-state index < -0.39 is 0 Å². The van der Waals surface area contributed by atoms with Crippen LogP contribution in [0.15, 0.2) is 36.4 Å². The molecule has 0 atom stereocenters. The summed E-state index contributed by atoms with van der Waals surface area (Å²) in [6.45, 7) is 2.49. The number of hydrogen-bond donors (Lipinski definition) is 2. The van der Waals surface area contributed by atoms with E-state index in [4.69, 9.17) is 14.2 Å².